The minimum Gasteiger partial charge on any atom is -0.337 e. The average molecular weight is 248 g/mol. The van der Waals surface area contributed by atoms with Crippen LogP contribution >= 0.6 is 0 Å². The van der Waals surface area contributed by atoms with Gasteiger partial charge in [0.1, 0.15) is 0 Å². The van der Waals surface area contributed by atoms with Crippen molar-refractivity contribution in [1.29, 1.82) is 0 Å². The van der Waals surface area contributed by atoms with E-state index in [4.69, 9.17) is 5.73 Å². The van der Waals surface area contributed by atoms with Gasteiger partial charge in [-0.15, -0.1) is 0 Å². The zero-order valence-electron chi connectivity index (χ0n) is 11.8. The quantitative estimate of drug-likeness (QED) is 0.889. The number of carbonyl (C=O) groups is 1. The summed E-state index contributed by atoms with van der Waals surface area (Å²) in [6, 6.07) is 9.57. The number of hydrogen-bond acceptors (Lipinski definition) is 2. The predicted octanol–water partition coefficient (Wildman–Crippen LogP) is 2.41. The molecular formula is C15H24N2O. The molecule has 0 unspecified atom stereocenters. The van der Waals surface area contributed by atoms with E-state index in [1.165, 1.54) is 0 Å². The molecule has 0 aliphatic rings. The standard InChI is InChI=1S/C15H24N2O/c1-12(16)14(18)17(11-15(2,3)4)10-13-8-6-5-7-9-13/h5-9,12H,10-11,16H2,1-4H3/t12-/m1/s1. The molecular weight excluding hydrogens is 224 g/mol. The number of rotatable bonds is 4. The zero-order valence-corrected chi connectivity index (χ0v) is 11.8. The summed E-state index contributed by atoms with van der Waals surface area (Å²) in [5, 5.41) is 0. The molecule has 0 radical (unpaired) electrons. The van der Waals surface area contributed by atoms with Gasteiger partial charge in [0, 0.05) is 13.1 Å². The van der Waals surface area contributed by atoms with Crippen LogP contribution in [0.25, 0.3) is 0 Å². The molecule has 1 atom stereocenters. The lowest BCUT2D eigenvalue weighted by molar-refractivity contribution is -0.134. The maximum absolute atomic E-state index is 12.1. The number of amides is 1. The second-order valence-corrected chi connectivity index (χ2v) is 6.03. The fraction of sp³-hybridized carbons (Fsp3) is 0.533. The first kappa shape index (κ1) is 14.7. The Bertz CT molecular complexity index is 379. The minimum absolute atomic E-state index is 0.00813. The van der Waals surface area contributed by atoms with E-state index >= 15 is 0 Å². The number of nitrogens with zero attached hydrogens (tertiary/aromatic N) is 1. The van der Waals surface area contributed by atoms with Crippen LogP contribution in [0.2, 0.25) is 0 Å². The van der Waals surface area contributed by atoms with Gasteiger partial charge in [-0.05, 0) is 17.9 Å². The molecule has 1 amide bonds. The average Bonchev–Trinajstić information content (AvgIpc) is 2.26. The Labute approximate surface area is 110 Å². The van der Waals surface area contributed by atoms with Gasteiger partial charge in [-0.25, -0.2) is 0 Å². The fourth-order valence-electron chi connectivity index (χ4n) is 1.88. The summed E-state index contributed by atoms with van der Waals surface area (Å²) in [6.45, 7) is 9.45. The van der Waals surface area contributed by atoms with Crippen LogP contribution in [0.4, 0.5) is 0 Å². The number of nitrogens with two attached hydrogens (primary N) is 1. The second-order valence-electron chi connectivity index (χ2n) is 6.03. The van der Waals surface area contributed by atoms with Gasteiger partial charge in [0.2, 0.25) is 5.91 Å². The van der Waals surface area contributed by atoms with Gasteiger partial charge < -0.3 is 10.6 Å². The van der Waals surface area contributed by atoms with Crippen molar-refractivity contribution in [2.45, 2.75) is 40.3 Å². The molecule has 0 saturated carbocycles. The van der Waals surface area contributed by atoms with Crippen LogP contribution in [0, 0.1) is 5.41 Å². The van der Waals surface area contributed by atoms with Crippen molar-refractivity contribution in [3.63, 3.8) is 0 Å². The highest BCUT2D eigenvalue weighted by Gasteiger charge is 2.23. The molecule has 0 fully saturated rings. The number of benzene rings is 1. The van der Waals surface area contributed by atoms with E-state index in [-0.39, 0.29) is 11.3 Å². The summed E-state index contributed by atoms with van der Waals surface area (Å²) in [5.74, 6) is 0.00813. The molecule has 0 aliphatic heterocycles. The van der Waals surface area contributed by atoms with Crippen LogP contribution < -0.4 is 5.73 Å². The molecule has 100 valence electrons. The minimum atomic E-state index is -0.448. The Kier molecular flexibility index (Phi) is 4.91. The highest BCUT2D eigenvalue weighted by atomic mass is 16.2. The van der Waals surface area contributed by atoms with Crippen molar-refractivity contribution in [2.75, 3.05) is 6.54 Å². The topological polar surface area (TPSA) is 46.3 Å². The summed E-state index contributed by atoms with van der Waals surface area (Å²) in [6.07, 6.45) is 0. The lowest BCUT2D eigenvalue weighted by Gasteiger charge is -2.31. The van der Waals surface area contributed by atoms with Gasteiger partial charge in [0.25, 0.3) is 0 Å². The van der Waals surface area contributed by atoms with Crippen molar-refractivity contribution in [3.05, 3.63) is 35.9 Å². The fourth-order valence-corrected chi connectivity index (χ4v) is 1.88. The second kappa shape index (κ2) is 6.01. The van der Waals surface area contributed by atoms with Gasteiger partial charge in [0.05, 0.1) is 6.04 Å². The lowest BCUT2D eigenvalue weighted by atomic mass is 9.95. The smallest absolute Gasteiger partial charge is 0.239 e. The van der Waals surface area contributed by atoms with Crippen molar-refractivity contribution < 1.29 is 4.79 Å². The van der Waals surface area contributed by atoms with E-state index in [0.29, 0.717) is 13.1 Å². The third kappa shape index (κ3) is 4.88. The Morgan fingerprint density at radius 3 is 2.28 bits per heavy atom. The van der Waals surface area contributed by atoms with Crippen LogP contribution in [-0.2, 0) is 11.3 Å². The van der Waals surface area contributed by atoms with Crippen LogP contribution in [0.3, 0.4) is 0 Å². The van der Waals surface area contributed by atoms with Crippen LogP contribution in [0.15, 0.2) is 30.3 Å². The molecule has 1 rings (SSSR count). The molecule has 0 spiro atoms. The Morgan fingerprint density at radius 2 is 1.83 bits per heavy atom. The summed E-state index contributed by atoms with van der Waals surface area (Å²) in [7, 11) is 0. The first-order valence-corrected chi connectivity index (χ1v) is 6.38. The van der Waals surface area contributed by atoms with Gasteiger partial charge >= 0.3 is 0 Å². The summed E-state index contributed by atoms with van der Waals surface area (Å²) < 4.78 is 0. The Hall–Kier alpha value is -1.35. The van der Waals surface area contributed by atoms with Gasteiger partial charge in [-0.3, -0.25) is 4.79 Å². The third-order valence-electron chi connectivity index (χ3n) is 2.58. The lowest BCUT2D eigenvalue weighted by Crippen LogP contribution is -2.45. The largest absolute Gasteiger partial charge is 0.337 e. The molecule has 1 aromatic carbocycles. The zero-order chi connectivity index (χ0) is 13.8. The van der Waals surface area contributed by atoms with Crippen LogP contribution in [0.5, 0.6) is 0 Å². The van der Waals surface area contributed by atoms with Gasteiger partial charge in [0.15, 0.2) is 0 Å². The van der Waals surface area contributed by atoms with Crippen LogP contribution in [0.1, 0.15) is 33.3 Å². The molecule has 0 aliphatic carbocycles. The first-order chi connectivity index (χ1) is 8.29. The van der Waals surface area contributed by atoms with Gasteiger partial charge in [-0.1, -0.05) is 51.1 Å². The third-order valence-corrected chi connectivity index (χ3v) is 2.58. The monoisotopic (exact) mass is 248 g/mol. The van der Waals surface area contributed by atoms with E-state index in [9.17, 15) is 4.79 Å². The van der Waals surface area contributed by atoms with Crippen LogP contribution in [-0.4, -0.2) is 23.4 Å². The van der Waals surface area contributed by atoms with E-state index < -0.39 is 6.04 Å². The van der Waals surface area contributed by atoms with Crippen molar-refractivity contribution >= 4 is 5.91 Å². The molecule has 2 N–H and O–H groups in total. The maximum atomic E-state index is 12.1. The first-order valence-electron chi connectivity index (χ1n) is 6.38. The molecule has 0 bridgehead atoms. The Morgan fingerprint density at radius 1 is 1.28 bits per heavy atom. The summed E-state index contributed by atoms with van der Waals surface area (Å²) in [5.41, 5.74) is 6.92. The van der Waals surface area contributed by atoms with E-state index in [0.717, 1.165) is 5.56 Å². The van der Waals surface area contributed by atoms with E-state index in [2.05, 4.69) is 20.8 Å². The molecule has 3 nitrogen and oxygen atoms in total. The predicted molar refractivity (Wildman–Crippen MR) is 75.0 cm³/mol. The van der Waals surface area contributed by atoms with Crippen molar-refractivity contribution in [3.8, 4) is 0 Å². The molecule has 0 heterocycles. The summed E-state index contributed by atoms with van der Waals surface area (Å²) >= 11 is 0. The number of hydrogen-bond donors (Lipinski definition) is 1. The van der Waals surface area contributed by atoms with E-state index in [1.54, 1.807) is 6.92 Å². The SMILES string of the molecule is C[C@@H](N)C(=O)N(Cc1ccccc1)CC(C)(C)C. The Balaban J connectivity index is 2.81. The van der Waals surface area contributed by atoms with Crippen molar-refractivity contribution in [2.24, 2.45) is 11.1 Å². The maximum Gasteiger partial charge on any atom is 0.239 e. The molecule has 18 heavy (non-hydrogen) atoms. The molecule has 1 aromatic rings. The van der Waals surface area contributed by atoms with E-state index in [1.807, 2.05) is 35.2 Å². The molecule has 0 aromatic heterocycles. The van der Waals surface area contributed by atoms with Gasteiger partial charge in [-0.2, -0.15) is 0 Å². The molecule has 3 heteroatoms. The number of carbonyl (C=O) groups excluding carboxylic acids is 1. The normalized spacial score (nSPS) is 13.2. The summed E-state index contributed by atoms with van der Waals surface area (Å²) in [4.78, 5) is 14.0. The van der Waals surface area contributed by atoms with Crippen molar-refractivity contribution in [1.82, 2.24) is 4.90 Å². The highest BCUT2D eigenvalue weighted by molar-refractivity contribution is 5.81. The molecule has 0 saturated heterocycles. The highest BCUT2D eigenvalue weighted by Crippen LogP contribution is 2.17.